The zero-order valence-corrected chi connectivity index (χ0v) is 25.8. The van der Waals surface area contributed by atoms with Crippen LogP contribution in [-0.4, -0.2) is 30.9 Å². The van der Waals surface area contributed by atoms with Gasteiger partial charge in [0.15, 0.2) is 16.3 Å². The maximum absolute atomic E-state index is 14.1. The topological polar surface area (TPSA) is 88.4 Å². The number of para-hydroxylation sites is 1. The molecular weight excluding hydrogens is 588 g/mol. The standard InChI is InChI=1S/C33H31ClN2O6S/c1-5-40-27-17-23(13-16-26(27)39-4)30-29(32(38)41-6-2)20(3)35-33-36(30)31(37)28(43-33)18-22-9-7-8-10-25(22)42-19-21-11-14-24(34)15-12-21/h7-18,30H,5-6,19H2,1-4H3/b28-18+/t30-/m1/s1. The summed E-state index contributed by atoms with van der Waals surface area (Å²) < 4.78 is 24.8. The van der Waals surface area contributed by atoms with Gasteiger partial charge in [0.25, 0.3) is 5.56 Å². The lowest BCUT2D eigenvalue weighted by Crippen LogP contribution is -2.40. The molecule has 222 valence electrons. The number of carbonyl (C=O) groups excluding carboxylic acids is 1. The van der Waals surface area contributed by atoms with Crippen molar-refractivity contribution in [2.24, 2.45) is 4.99 Å². The Bertz CT molecular complexity index is 1860. The van der Waals surface area contributed by atoms with Crippen LogP contribution in [0.25, 0.3) is 6.08 Å². The first kappa shape index (κ1) is 30.1. The van der Waals surface area contributed by atoms with Crippen LogP contribution in [0.5, 0.6) is 17.2 Å². The Morgan fingerprint density at radius 1 is 1.00 bits per heavy atom. The predicted molar refractivity (Wildman–Crippen MR) is 167 cm³/mol. The fourth-order valence-electron chi connectivity index (χ4n) is 4.85. The second-order valence-corrected chi connectivity index (χ2v) is 11.0. The van der Waals surface area contributed by atoms with E-state index in [4.69, 9.17) is 30.5 Å². The van der Waals surface area contributed by atoms with Gasteiger partial charge in [0, 0.05) is 10.6 Å². The van der Waals surface area contributed by atoms with Crippen molar-refractivity contribution in [2.45, 2.75) is 33.4 Å². The largest absolute Gasteiger partial charge is 0.493 e. The lowest BCUT2D eigenvalue weighted by Gasteiger charge is -2.25. The first-order chi connectivity index (χ1) is 20.8. The highest BCUT2D eigenvalue weighted by Crippen LogP contribution is 2.36. The number of rotatable bonds is 10. The van der Waals surface area contributed by atoms with Gasteiger partial charge in [-0.15, -0.1) is 0 Å². The average molecular weight is 619 g/mol. The van der Waals surface area contributed by atoms with Gasteiger partial charge in [0.1, 0.15) is 12.4 Å². The molecule has 0 saturated heterocycles. The van der Waals surface area contributed by atoms with Crippen molar-refractivity contribution in [1.29, 1.82) is 0 Å². The zero-order valence-electron chi connectivity index (χ0n) is 24.3. The second kappa shape index (κ2) is 13.3. The molecule has 1 aliphatic rings. The van der Waals surface area contributed by atoms with Crippen LogP contribution in [0.4, 0.5) is 0 Å². The molecule has 1 atom stereocenters. The number of allylic oxidation sites excluding steroid dienone is 1. The van der Waals surface area contributed by atoms with E-state index < -0.39 is 12.0 Å². The monoisotopic (exact) mass is 618 g/mol. The minimum atomic E-state index is -0.779. The Labute approximate surface area is 258 Å². The Kier molecular flexibility index (Phi) is 9.33. The maximum Gasteiger partial charge on any atom is 0.338 e. The van der Waals surface area contributed by atoms with Crippen molar-refractivity contribution in [1.82, 2.24) is 4.57 Å². The fraction of sp³-hybridized carbons (Fsp3) is 0.242. The van der Waals surface area contributed by atoms with E-state index in [-0.39, 0.29) is 12.2 Å². The Hall–Kier alpha value is -4.34. The number of hydrogen-bond acceptors (Lipinski definition) is 8. The highest BCUT2D eigenvalue weighted by molar-refractivity contribution is 7.07. The molecule has 1 aliphatic heterocycles. The SMILES string of the molecule is CCOC(=O)C1=C(C)N=c2s/c(=C/c3ccccc3OCc3ccc(Cl)cc3)c(=O)n2[C@@H]1c1ccc(OC)c(OCC)c1. The van der Waals surface area contributed by atoms with Gasteiger partial charge >= 0.3 is 5.97 Å². The number of benzene rings is 3. The number of fused-ring (bicyclic) bond motifs is 1. The van der Waals surface area contributed by atoms with Crippen LogP contribution < -0.4 is 29.1 Å². The van der Waals surface area contributed by atoms with Gasteiger partial charge in [0.05, 0.1) is 42.2 Å². The fourth-order valence-corrected chi connectivity index (χ4v) is 6.02. The van der Waals surface area contributed by atoms with Crippen molar-refractivity contribution in [3.05, 3.63) is 119 Å². The van der Waals surface area contributed by atoms with Crippen LogP contribution in [-0.2, 0) is 16.1 Å². The third kappa shape index (κ3) is 6.38. The van der Waals surface area contributed by atoms with Crippen molar-refractivity contribution >= 4 is 35.0 Å². The van der Waals surface area contributed by atoms with Gasteiger partial charge in [-0.25, -0.2) is 9.79 Å². The number of aromatic nitrogens is 1. The smallest absolute Gasteiger partial charge is 0.338 e. The van der Waals surface area contributed by atoms with Crippen LogP contribution >= 0.6 is 22.9 Å². The summed E-state index contributed by atoms with van der Waals surface area (Å²) in [6.45, 7) is 6.31. The van der Waals surface area contributed by atoms with E-state index in [1.165, 1.54) is 11.3 Å². The molecule has 5 rings (SSSR count). The highest BCUT2D eigenvalue weighted by Gasteiger charge is 2.34. The zero-order chi connectivity index (χ0) is 30.5. The molecule has 8 nitrogen and oxygen atoms in total. The molecule has 0 radical (unpaired) electrons. The summed E-state index contributed by atoms with van der Waals surface area (Å²) in [4.78, 5) is 32.5. The van der Waals surface area contributed by atoms with E-state index in [1.807, 2.05) is 61.5 Å². The van der Waals surface area contributed by atoms with Gasteiger partial charge in [-0.2, -0.15) is 0 Å². The van der Waals surface area contributed by atoms with Crippen LogP contribution in [0.3, 0.4) is 0 Å². The van der Waals surface area contributed by atoms with E-state index in [1.54, 1.807) is 43.7 Å². The molecular formula is C33H31ClN2O6S. The molecule has 0 unspecified atom stereocenters. The summed E-state index contributed by atoms with van der Waals surface area (Å²) in [5.74, 6) is 1.15. The molecule has 0 amide bonds. The predicted octanol–water partition coefficient (Wildman–Crippen LogP) is 5.44. The molecule has 0 N–H and O–H groups in total. The molecule has 0 spiro atoms. The Balaban J connectivity index is 1.62. The summed E-state index contributed by atoms with van der Waals surface area (Å²) in [6.07, 6.45) is 1.79. The van der Waals surface area contributed by atoms with Gasteiger partial charge in [-0.05, 0) is 68.3 Å². The van der Waals surface area contributed by atoms with Gasteiger partial charge in [-0.3, -0.25) is 9.36 Å². The second-order valence-electron chi connectivity index (χ2n) is 9.60. The lowest BCUT2D eigenvalue weighted by molar-refractivity contribution is -0.139. The van der Waals surface area contributed by atoms with Crippen molar-refractivity contribution in [2.75, 3.05) is 20.3 Å². The quantitative estimate of drug-likeness (QED) is 0.220. The summed E-state index contributed by atoms with van der Waals surface area (Å²) in [5.41, 5.74) is 2.86. The van der Waals surface area contributed by atoms with Crippen LogP contribution in [0.1, 0.15) is 43.5 Å². The summed E-state index contributed by atoms with van der Waals surface area (Å²) >= 11 is 7.26. The minimum absolute atomic E-state index is 0.187. The minimum Gasteiger partial charge on any atom is -0.493 e. The van der Waals surface area contributed by atoms with Gasteiger partial charge in [-0.1, -0.05) is 59.3 Å². The maximum atomic E-state index is 14.1. The van der Waals surface area contributed by atoms with Crippen molar-refractivity contribution in [3.63, 3.8) is 0 Å². The molecule has 0 saturated carbocycles. The third-order valence-corrected chi connectivity index (χ3v) is 8.07. The molecule has 0 bridgehead atoms. The number of carbonyl (C=O) groups is 1. The molecule has 3 aromatic carbocycles. The summed E-state index contributed by atoms with van der Waals surface area (Å²) in [7, 11) is 1.56. The van der Waals surface area contributed by atoms with Crippen LogP contribution in [0.2, 0.25) is 5.02 Å². The number of ether oxygens (including phenoxy) is 4. The number of methoxy groups -OCH3 is 1. The van der Waals surface area contributed by atoms with E-state index in [0.29, 0.717) is 61.7 Å². The van der Waals surface area contributed by atoms with E-state index >= 15 is 0 Å². The average Bonchev–Trinajstić information content (AvgIpc) is 3.30. The summed E-state index contributed by atoms with van der Waals surface area (Å²) in [5, 5.41) is 0.655. The van der Waals surface area contributed by atoms with Crippen LogP contribution in [0, 0.1) is 0 Å². The highest BCUT2D eigenvalue weighted by atomic mass is 35.5. The molecule has 4 aromatic rings. The van der Waals surface area contributed by atoms with E-state index in [9.17, 15) is 9.59 Å². The third-order valence-electron chi connectivity index (χ3n) is 6.83. The molecule has 0 fully saturated rings. The number of hydrogen-bond donors (Lipinski definition) is 0. The van der Waals surface area contributed by atoms with Crippen molar-refractivity contribution < 1.29 is 23.7 Å². The number of halogens is 1. The molecule has 1 aromatic heterocycles. The van der Waals surface area contributed by atoms with Crippen molar-refractivity contribution in [3.8, 4) is 17.2 Å². The van der Waals surface area contributed by atoms with Gasteiger partial charge < -0.3 is 18.9 Å². The molecule has 10 heteroatoms. The number of esters is 1. The first-order valence-corrected chi connectivity index (χ1v) is 15.0. The molecule has 2 heterocycles. The molecule has 43 heavy (non-hydrogen) atoms. The molecule has 0 aliphatic carbocycles. The Morgan fingerprint density at radius 3 is 2.49 bits per heavy atom. The lowest BCUT2D eigenvalue weighted by atomic mass is 9.95. The Morgan fingerprint density at radius 2 is 1.77 bits per heavy atom. The first-order valence-electron chi connectivity index (χ1n) is 13.8. The van der Waals surface area contributed by atoms with Crippen LogP contribution in [0.15, 0.2) is 87.8 Å². The van der Waals surface area contributed by atoms with Gasteiger partial charge in [0.2, 0.25) is 0 Å². The van der Waals surface area contributed by atoms with E-state index in [2.05, 4.69) is 4.99 Å². The normalized spacial score (nSPS) is 14.6. The number of thiazole rings is 1. The number of nitrogens with zero attached hydrogens (tertiary/aromatic N) is 2. The van der Waals surface area contributed by atoms with E-state index in [0.717, 1.165) is 11.1 Å². The summed E-state index contributed by atoms with van der Waals surface area (Å²) in [6, 6.07) is 19.6.